The highest BCUT2D eigenvalue weighted by Gasteiger charge is 2.49. The summed E-state index contributed by atoms with van der Waals surface area (Å²) in [6.45, 7) is 11.6. The minimum absolute atomic E-state index is 0.148. The normalized spacial score (nSPS) is 16.6. The van der Waals surface area contributed by atoms with Crippen LogP contribution in [-0.4, -0.2) is 66.0 Å². The van der Waals surface area contributed by atoms with Gasteiger partial charge in [-0.3, -0.25) is 19.5 Å². The summed E-state index contributed by atoms with van der Waals surface area (Å²) in [4.78, 5) is 47.2. The molecule has 1 unspecified atom stereocenters. The third-order valence-corrected chi connectivity index (χ3v) is 8.47. The summed E-state index contributed by atoms with van der Waals surface area (Å²) in [6, 6.07) is 14.9. The monoisotopic (exact) mass is 627 g/mol. The molecule has 1 aromatic heterocycles. The van der Waals surface area contributed by atoms with Crippen molar-refractivity contribution in [1.29, 1.82) is 0 Å². The van der Waals surface area contributed by atoms with Crippen LogP contribution in [0.5, 0.6) is 0 Å². The summed E-state index contributed by atoms with van der Waals surface area (Å²) in [7, 11) is 0. The topological polar surface area (TPSA) is 132 Å². The lowest BCUT2D eigenvalue weighted by Crippen LogP contribution is -2.48. The van der Waals surface area contributed by atoms with Crippen molar-refractivity contribution in [1.82, 2.24) is 30.4 Å². The first kappa shape index (κ1) is 33.0. The van der Waals surface area contributed by atoms with Crippen molar-refractivity contribution in [3.63, 3.8) is 0 Å². The molecule has 46 heavy (non-hydrogen) atoms. The number of hydrogen-bond donors (Lipinski definition) is 1. The summed E-state index contributed by atoms with van der Waals surface area (Å²) in [6.07, 6.45) is 5.99. The number of nitrogens with zero attached hydrogens (tertiary/aromatic N) is 6. The van der Waals surface area contributed by atoms with Crippen LogP contribution in [-0.2, 0) is 16.1 Å². The van der Waals surface area contributed by atoms with Crippen molar-refractivity contribution >= 4 is 23.7 Å². The van der Waals surface area contributed by atoms with E-state index < -0.39 is 29.2 Å². The van der Waals surface area contributed by atoms with Gasteiger partial charge in [0.15, 0.2) is 0 Å². The van der Waals surface area contributed by atoms with Gasteiger partial charge in [0.2, 0.25) is 5.82 Å². The van der Waals surface area contributed by atoms with Crippen molar-refractivity contribution < 1.29 is 19.1 Å². The molecular weight excluding hydrogens is 582 g/mol. The molecular formula is C35H45N7O4. The van der Waals surface area contributed by atoms with E-state index in [0.717, 1.165) is 72.3 Å². The van der Waals surface area contributed by atoms with Crippen LogP contribution in [0, 0.1) is 5.92 Å². The van der Waals surface area contributed by atoms with Crippen molar-refractivity contribution in [2.24, 2.45) is 10.9 Å². The number of aliphatic imine (C=N–C) groups is 1. The van der Waals surface area contributed by atoms with Crippen LogP contribution >= 0.6 is 0 Å². The number of amidine groups is 1. The van der Waals surface area contributed by atoms with E-state index in [1.54, 1.807) is 20.8 Å². The number of ether oxygens (including phenoxy) is 1. The SMILES string of the molecule is CCCCC1=NC2(CCCC2)C(=O)N1Cc1ccc(-c2ccccc2-c2nnn(C(=O)C(NC(=O)OC(C)(C)C)C(C)C)n2)cc1. The standard InChI is InChI=1S/C35H45N7O4/c1-7-8-15-28-37-35(20-11-12-21-35)32(44)41(28)22-24-16-18-25(19-17-24)26-13-9-10-14-27(26)30-38-40-42(39-30)31(43)29(23(2)3)36-33(45)46-34(4,5)6/h9-10,13-14,16-19,23,29H,7-8,11-12,15,20-22H2,1-6H3,(H,36,45). The lowest BCUT2D eigenvalue weighted by Gasteiger charge is -2.24. The Bertz CT molecular complexity index is 1600. The van der Waals surface area contributed by atoms with Crippen molar-refractivity contribution in [2.75, 3.05) is 0 Å². The van der Waals surface area contributed by atoms with Gasteiger partial charge >= 0.3 is 6.09 Å². The minimum Gasteiger partial charge on any atom is -0.444 e. The van der Waals surface area contributed by atoms with Gasteiger partial charge in [-0.1, -0.05) is 93.4 Å². The second-order valence-electron chi connectivity index (χ2n) is 13.6. The first-order valence-corrected chi connectivity index (χ1v) is 16.3. The number of nitrogens with one attached hydrogen (secondary N) is 1. The Morgan fingerprint density at radius 1 is 1.02 bits per heavy atom. The molecule has 11 heteroatoms. The van der Waals surface area contributed by atoms with Gasteiger partial charge in [-0.15, -0.1) is 10.2 Å². The largest absolute Gasteiger partial charge is 0.444 e. The fraction of sp³-hybridized carbons (Fsp3) is 0.514. The predicted octanol–water partition coefficient (Wildman–Crippen LogP) is 6.44. The van der Waals surface area contributed by atoms with Crippen molar-refractivity contribution in [2.45, 2.75) is 110 Å². The fourth-order valence-corrected chi connectivity index (χ4v) is 6.09. The van der Waals surface area contributed by atoms with Gasteiger partial charge in [-0.2, -0.15) is 0 Å². The van der Waals surface area contributed by atoms with Crippen LogP contribution < -0.4 is 5.32 Å². The Balaban J connectivity index is 1.33. The molecule has 0 bridgehead atoms. The van der Waals surface area contributed by atoms with Crippen molar-refractivity contribution in [3.8, 4) is 22.5 Å². The molecule has 1 aliphatic carbocycles. The van der Waals surface area contributed by atoms with Crippen LogP contribution in [0.25, 0.3) is 22.5 Å². The van der Waals surface area contributed by atoms with E-state index in [-0.39, 0.29) is 17.6 Å². The molecule has 2 aliphatic rings. The highest BCUT2D eigenvalue weighted by molar-refractivity contribution is 6.08. The van der Waals surface area contributed by atoms with E-state index in [2.05, 4.69) is 27.7 Å². The fourth-order valence-electron chi connectivity index (χ4n) is 6.09. The average Bonchev–Trinajstić information content (AvgIpc) is 3.75. The highest BCUT2D eigenvalue weighted by atomic mass is 16.6. The van der Waals surface area contributed by atoms with Gasteiger partial charge in [-0.05, 0) is 67.9 Å². The lowest BCUT2D eigenvalue weighted by molar-refractivity contribution is -0.131. The van der Waals surface area contributed by atoms with Gasteiger partial charge in [0.1, 0.15) is 23.0 Å². The third kappa shape index (κ3) is 7.18. The number of alkyl carbamates (subject to hydrolysis) is 1. The molecule has 244 valence electrons. The molecule has 3 aromatic rings. The number of carbonyl (C=O) groups is 3. The van der Waals surface area contributed by atoms with E-state index in [1.165, 1.54) is 0 Å². The van der Waals surface area contributed by atoms with Gasteiger partial charge in [0.05, 0.1) is 6.54 Å². The average molecular weight is 628 g/mol. The van der Waals surface area contributed by atoms with Gasteiger partial charge in [-0.25, -0.2) is 4.79 Å². The third-order valence-electron chi connectivity index (χ3n) is 8.47. The summed E-state index contributed by atoms with van der Waals surface area (Å²) in [5.74, 6) is 0.602. The number of aromatic nitrogens is 4. The zero-order valence-electron chi connectivity index (χ0n) is 27.7. The number of tetrazole rings is 1. The van der Waals surface area contributed by atoms with Crippen LogP contribution in [0.15, 0.2) is 53.5 Å². The lowest BCUT2D eigenvalue weighted by atomic mass is 9.97. The van der Waals surface area contributed by atoms with E-state index >= 15 is 0 Å². The molecule has 1 fully saturated rings. The van der Waals surface area contributed by atoms with Crippen LogP contribution in [0.4, 0.5) is 4.79 Å². The van der Waals surface area contributed by atoms with Gasteiger partial charge < -0.3 is 10.1 Å². The molecule has 1 atom stereocenters. The zero-order valence-corrected chi connectivity index (χ0v) is 27.7. The number of amides is 2. The number of benzene rings is 2. The van der Waals surface area contributed by atoms with Gasteiger partial charge in [0, 0.05) is 12.0 Å². The smallest absolute Gasteiger partial charge is 0.408 e. The van der Waals surface area contributed by atoms with E-state index in [9.17, 15) is 14.4 Å². The molecule has 1 N–H and O–H groups in total. The summed E-state index contributed by atoms with van der Waals surface area (Å²) >= 11 is 0. The Morgan fingerprint density at radius 3 is 2.33 bits per heavy atom. The molecule has 1 aliphatic heterocycles. The van der Waals surface area contributed by atoms with E-state index in [0.29, 0.717) is 12.1 Å². The van der Waals surface area contributed by atoms with Crippen molar-refractivity contribution in [3.05, 3.63) is 54.1 Å². The molecule has 11 nitrogen and oxygen atoms in total. The second kappa shape index (κ2) is 13.5. The van der Waals surface area contributed by atoms with Crippen LogP contribution in [0.2, 0.25) is 0 Å². The quantitative estimate of drug-likeness (QED) is 0.274. The summed E-state index contributed by atoms with van der Waals surface area (Å²) in [5, 5.41) is 15.3. The number of rotatable bonds is 10. The maximum Gasteiger partial charge on any atom is 0.408 e. The number of hydrogen-bond acceptors (Lipinski definition) is 8. The highest BCUT2D eigenvalue weighted by Crippen LogP contribution is 2.40. The molecule has 1 saturated carbocycles. The Labute approximate surface area is 270 Å². The predicted molar refractivity (Wildman–Crippen MR) is 176 cm³/mol. The van der Waals surface area contributed by atoms with E-state index in [1.807, 2.05) is 67.3 Å². The first-order chi connectivity index (χ1) is 21.9. The molecule has 2 heterocycles. The summed E-state index contributed by atoms with van der Waals surface area (Å²) in [5.41, 5.74) is 2.30. The van der Waals surface area contributed by atoms with Gasteiger partial charge in [0.25, 0.3) is 11.8 Å². The molecule has 2 aromatic carbocycles. The second-order valence-corrected chi connectivity index (χ2v) is 13.6. The van der Waals surface area contributed by atoms with E-state index in [4.69, 9.17) is 9.73 Å². The Hall–Kier alpha value is -4.41. The number of unbranched alkanes of at least 4 members (excludes halogenated alkanes) is 1. The van der Waals surface area contributed by atoms with Crippen LogP contribution in [0.3, 0.4) is 0 Å². The number of carbonyl (C=O) groups excluding carboxylic acids is 3. The maximum atomic E-state index is 13.6. The molecule has 2 amide bonds. The zero-order chi connectivity index (χ0) is 33.1. The maximum absolute atomic E-state index is 13.6. The molecule has 5 rings (SSSR count). The molecule has 0 saturated heterocycles. The molecule has 1 spiro atoms. The van der Waals surface area contributed by atoms with Crippen LogP contribution in [0.1, 0.15) is 96.8 Å². The molecule has 0 radical (unpaired) electrons. The Morgan fingerprint density at radius 2 is 1.70 bits per heavy atom. The minimum atomic E-state index is -0.904. The summed E-state index contributed by atoms with van der Waals surface area (Å²) < 4.78 is 5.34. The first-order valence-electron chi connectivity index (χ1n) is 16.3. The Kier molecular flexibility index (Phi) is 9.69.